The third kappa shape index (κ3) is 5.66. The Hall–Kier alpha value is -3.89. The Bertz CT molecular complexity index is 1330. The first-order valence-electron chi connectivity index (χ1n) is 12.1. The zero-order chi connectivity index (χ0) is 27.4. The molecule has 3 aromatic rings. The molecule has 200 valence electrons. The lowest BCUT2D eigenvalue weighted by molar-refractivity contribution is 0.102. The molecule has 2 aromatic heterocycles. The van der Waals surface area contributed by atoms with Crippen LogP contribution in [0.3, 0.4) is 0 Å². The number of carbonyl (C=O) groups excluding carboxylic acids is 1. The third-order valence-corrected chi connectivity index (χ3v) is 6.69. The zero-order valence-corrected chi connectivity index (χ0v) is 20.5. The second kappa shape index (κ2) is 11.7. The van der Waals surface area contributed by atoms with Gasteiger partial charge in [-0.15, -0.1) is 0 Å². The van der Waals surface area contributed by atoms with E-state index in [2.05, 4.69) is 20.6 Å². The molecule has 1 aromatic carbocycles. The SMILES string of the molecule is CNc1cc(F)c(-c2c(F)cccc2F)nc1C(=O)Nc1cnccc1C1CC(=N)CC(C(F)CCF)C1. The lowest BCUT2D eigenvalue weighted by atomic mass is 9.74. The highest BCUT2D eigenvalue weighted by Gasteiger charge is 2.33. The molecule has 0 bridgehead atoms. The molecule has 4 rings (SSSR count). The number of amides is 1. The molecule has 1 fully saturated rings. The van der Waals surface area contributed by atoms with E-state index in [-0.39, 0.29) is 35.8 Å². The molecule has 1 aliphatic rings. The number of rotatable bonds is 8. The zero-order valence-electron chi connectivity index (χ0n) is 20.5. The first kappa shape index (κ1) is 27.2. The van der Waals surface area contributed by atoms with E-state index in [0.29, 0.717) is 24.1 Å². The molecule has 0 saturated heterocycles. The van der Waals surface area contributed by atoms with Crippen molar-refractivity contribution in [3.63, 3.8) is 0 Å². The average molecular weight is 532 g/mol. The number of aromatic nitrogens is 2. The molecule has 3 N–H and O–H groups in total. The molecule has 11 heteroatoms. The van der Waals surface area contributed by atoms with Gasteiger partial charge in [0.25, 0.3) is 5.91 Å². The average Bonchev–Trinajstić information content (AvgIpc) is 2.89. The number of anilines is 2. The molecule has 1 amide bonds. The van der Waals surface area contributed by atoms with Crippen molar-refractivity contribution >= 4 is 23.0 Å². The number of benzene rings is 1. The summed E-state index contributed by atoms with van der Waals surface area (Å²) >= 11 is 0. The minimum absolute atomic E-state index is 0.0167. The minimum atomic E-state index is -1.39. The molecule has 3 atom stereocenters. The lowest BCUT2D eigenvalue weighted by Crippen LogP contribution is -2.29. The number of alkyl halides is 2. The third-order valence-electron chi connectivity index (χ3n) is 6.69. The molecule has 1 aliphatic carbocycles. The van der Waals surface area contributed by atoms with E-state index < -0.39 is 53.4 Å². The van der Waals surface area contributed by atoms with Crippen LogP contribution in [0.4, 0.5) is 33.3 Å². The van der Waals surface area contributed by atoms with Crippen LogP contribution in [0.1, 0.15) is 47.7 Å². The summed E-state index contributed by atoms with van der Waals surface area (Å²) in [5.41, 5.74) is -0.506. The number of carbonyl (C=O) groups is 1. The second-order valence-corrected chi connectivity index (χ2v) is 9.18. The quantitative estimate of drug-likeness (QED) is 0.291. The fraction of sp³-hybridized carbons (Fsp3) is 0.333. The van der Waals surface area contributed by atoms with Gasteiger partial charge in [0.1, 0.15) is 23.5 Å². The molecule has 1 saturated carbocycles. The summed E-state index contributed by atoms with van der Waals surface area (Å²) in [5.74, 6) is -4.76. The highest BCUT2D eigenvalue weighted by Crippen LogP contribution is 2.40. The van der Waals surface area contributed by atoms with Gasteiger partial charge in [-0.05, 0) is 54.9 Å². The smallest absolute Gasteiger partial charge is 0.276 e. The first-order valence-corrected chi connectivity index (χ1v) is 12.1. The van der Waals surface area contributed by atoms with Crippen LogP contribution in [0, 0.1) is 28.8 Å². The van der Waals surface area contributed by atoms with Gasteiger partial charge in [-0.3, -0.25) is 14.2 Å². The fourth-order valence-corrected chi connectivity index (χ4v) is 4.88. The molecule has 0 aliphatic heterocycles. The largest absolute Gasteiger partial charge is 0.386 e. The van der Waals surface area contributed by atoms with Gasteiger partial charge in [0.2, 0.25) is 0 Å². The van der Waals surface area contributed by atoms with Gasteiger partial charge in [0, 0.05) is 31.4 Å². The molecule has 38 heavy (non-hydrogen) atoms. The first-order chi connectivity index (χ1) is 18.2. The van der Waals surface area contributed by atoms with Gasteiger partial charge < -0.3 is 16.0 Å². The van der Waals surface area contributed by atoms with E-state index in [1.165, 1.54) is 19.4 Å². The lowest BCUT2D eigenvalue weighted by Gasteiger charge is -2.32. The number of halogens is 5. The molecular weight excluding hydrogens is 505 g/mol. The maximum Gasteiger partial charge on any atom is 0.276 e. The summed E-state index contributed by atoms with van der Waals surface area (Å²) in [4.78, 5) is 21.3. The van der Waals surface area contributed by atoms with Crippen LogP contribution in [-0.4, -0.2) is 41.5 Å². The molecular formula is C27H26F5N5O. The van der Waals surface area contributed by atoms with E-state index in [1.54, 1.807) is 6.07 Å². The van der Waals surface area contributed by atoms with Crippen LogP contribution < -0.4 is 10.6 Å². The van der Waals surface area contributed by atoms with Gasteiger partial charge in [-0.25, -0.2) is 22.5 Å². The molecule has 0 radical (unpaired) electrons. The molecule has 3 unspecified atom stereocenters. The van der Waals surface area contributed by atoms with Crippen LogP contribution in [0.2, 0.25) is 0 Å². The monoisotopic (exact) mass is 531 g/mol. The summed E-state index contributed by atoms with van der Waals surface area (Å²) in [6.45, 7) is -0.788. The van der Waals surface area contributed by atoms with Gasteiger partial charge in [-0.2, -0.15) is 0 Å². The Balaban J connectivity index is 1.67. The van der Waals surface area contributed by atoms with Crippen LogP contribution >= 0.6 is 0 Å². The van der Waals surface area contributed by atoms with Crippen molar-refractivity contribution < 1.29 is 26.7 Å². The molecule has 2 heterocycles. The van der Waals surface area contributed by atoms with E-state index in [4.69, 9.17) is 5.41 Å². The maximum absolute atomic E-state index is 14.8. The van der Waals surface area contributed by atoms with Crippen LogP contribution in [0.25, 0.3) is 11.3 Å². The summed E-state index contributed by atoms with van der Waals surface area (Å²) in [5, 5.41) is 13.5. The van der Waals surface area contributed by atoms with Crippen molar-refractivity contribution in [2.45, 2.75) is 37.8 Å². The second-order valence-electron chi connectivity index (χ2n) is 9.18. The van der Waals surface area contributed by atoms with Gasteiger partial charge >= 0.3 is 0 Å². The van der Waals surface area contributed by atoms with Crippen molar-refractivity contribution in [1.82, 2.24) is 9.97 Å². The van der Waals surface area contributed by atoms with E-state index in [1.807, 2.05) is 0 Å². The highest BCUT2D eigenvalue weighted by molar-refractivity contribution is 6.07. The van der Waals surface area contributed by atoms with Crippen molar-refractivity contribution in [2.75, 3.05) is 24.4 Å². The standard InChI is InChI=1S/C27H26F5N5O/c1-34-22-12-21(32)25(24-19(30)3-2-4-20(24)31)37-26(22)27(38)36-23-13-35-8-6-17(23)14-9-15(11-16(33)10-14)18(29)5-7-28/h2-4,6,8,12-15,18,33-34H,5,7,9-11H2,1H3,(H,36,38). The van der Waals surface area contributed by atoms with Gasteiger partial charge in [0.15, 0.2) is 11.5 Å². The van der Waals surface area contributed by atoms with Crippen molar-refractivity contribution in [1.29, 1.82) is 5.41 Å². The summed E-state index contributed by atoms with van der Waals surface area (Å²) < 4.78 is 70.8. The van der Waals surface area contributed by atoms with E-state index in [0.717, 1.165) is 24.3 Å². The maximum atomic E-state index is 14.8. The topological polar surface area (TPSA) is 90.8 Å². The minimum Gasteiger partial charge on any atom is -0.386 e. The van der Waals surface area contributed by atoms with Crippen molar-refractivity contribution in [3.05, 3.63) is 71.4 Å². The highest BCUT2D eigenvalue weighted by atomic mass is 19.2. The Kier molecular flexibility index (Phi) is 8.33. The van der Waals surface area contributed by atoms with Crippen molar-refractivity contribution in [2.24, 2.45) is 5.92 Å². The van der Waals surface area contributed by atoms with E-state index in [9.17, 15) is 26.7 Å². The van der Waals surface area contributed by atoms with Crippen LogP contribution in [0.15, 0.2) is 42.7 Å². The van der Waals surface area contributed by atoms with Gasteiger partial charge in [-0.1, -0.05) is 6.07 Å². The van der Waals surface area contributed by atoms with Crippen LogP contribution in [-0.2, 0) is 0 Å². The van der Waals surface area contributed by atoms with E-state index >= 15 is 0 Å². The Labute approximate surface area is 216 Å². The van der Waals surface area contributed by atoms with Crippen molar-refractivity contribution in [3.8, 4) is 11.3 Å². The van der Waals surface area contributed by atoms with Gasteiger partial charge in [0.05, 0.1) is 29.8 Å². The molecule has 0 spiro atoms. The number of hydrogen-bond donors (Lipinski definition) is 3. The Morgan fingerprint density at radius 2 is 1.87 bits per heavy atom. The molecule has 6 nitrogen and oxygen atoms in total. The predicted molar refractivity (Wildman–Crippen MR) is 135 cm³/mol. The van der Waals surface area contributed by atoms with Crippen LogP contribution in [0.5, 0.6) is 0 Å². The fourth-order valence-electron chi connectivity index (χ4n) is 4.88. The number of nitrogens with zero attached hydrogens (tertiary/aromatic N) is 2. The Morgan fingerprint density at radius 3 is 2.55 bits per heavy atom. The summed E-state index contributed by atoms with van der Waals surface area (Å²) in [6.07, 6.45) is 2.18. The Morgan fingerprint density at radius 1 is 1.13 bits per heavy atom. The number of hydrogen-bond acceptors (Lipinski definition) is 5. The normalized spacial score (nSPS) is 18.2. The number of nitrogens with one attached hydrogen (secondary N) is 3. The summed E-state index contributed by atoms with van der Waals surface area (Å²) in [7, 11) is 1.44. The predicted octanol–water partition coefficient (Wildman–Crippen LogP) is 6.46. The summed E-state index contributed by atoms with van der Waals surface area (Å²) in [6, 6.07) is 5.61. The number of pyridine rings is 2.